The van der Waals surface area contributed by atoms with Crippen LogP contribution in [0.4, 0.5) is 5.82 Å². The fourth-order valence-corrected chi connectivity index (χ4v) is 8.32. The molecule has 0 aliphatic carbocycles. The van der Waals surface area contributed by atoms with Gasteiger partial charge in [0, 0.05) is 0 Å². The van der Waals surface area contributed by atoms with E-state index in [0.717, 1.165) is 6.04 Å². The van der Waals surface area contributed by atoms with Crippen LogP contribution in [-0.4, -0.2) is 39.5 Å². The minimum Gasteiger partial charge on any atom is -0.494 e. The first kappa shape index (κ1) is 21.8. The highest BCUT2D eigenvalue weighted by Gasteiger charge is 2.87. The zero-order valence-electron chi connectivity index (χ0n) is 19.4. The normalized spacial score (nSPS) is 32.5. The molecular weight excluding hydrogens is 446 g/mol. The van der Waals surface area contributed by atoms with E-state index in [0.29, 0.717) is 16.8 Å². The van der Waals surface area contributed by atoms with E-state index in [4.69, 9.17) is 27.6 Å². The maximum Gasteiger partial charge on any atom is 0.288 e. The highest BCUT2D eigenvalue weighted by Crippen LogP contribution is 2.78. The Labute approximate surface area is 193 Å². The van der Waals surface area contributed by atoms with Crippen molar-refractivity contribution in [3.63, 3.8) is 0 Å². The second kappa shape index (κ2) is 5.89. The van der Waals surface area contributed by atoms with Gasteiger partial charge in [0.05, 0.1) is 29.9 Å². The summed E-state index contributed by atoms with van der Waals surface area (Å²) in [7, 11) is -1.76. The second-order valence-corrected chi connectivity index (χ2v) is 17.3. The molecule has 5 heterocycles. The first-order valence-electron chi connectivity index (χ1n) is 10.7. The third kappa shape index (κ3) is 2.30. The van der Waals surface area contributed by atoms with Gasteiger partial charge in [-0.2, -0.15) is 0 Å². The summed E-state index contributed by atoms with van der Waals surface area (Å²) in [5.41, 5.74) is -0.791. The van der Waals surface area contributed by atoms with Crippen LogP contribution in [0.25, 0.3) is 10.5 Å². The molecule has 0 amide bonds. The van der Waals surface area contributed by atoms with Crippen molar-refractivity contribution >= 4 is 25.5 Å². The molecule has 170 valence electrons. The number of aromatic nitrogens is 2. The van der Waals surface area contributed by atoms with E-state index in [9.17, 15) is 10.2 Å². The Bertz CT molecular complexity index is 1230. The lowest BCUT2D eigenvalue weighted by Gasteiger charge is -2.42. The summed E-state index contributed by atoms with van der Waals surface area (Å²) in [5.74, 6) is -0.159. The number of rotatable bonds is 3. The molecule has 5 rings (SSSR count). The predicted molar refractivity (Wildman–Crippen MR) is 124 cm³/mol. The van der Waals surface area contributed by atoms with Gasteiger partial charge in [0.2, 0.25) is 11.8 Å². The van der Waals surface area contributed by atoms with E-state index in [2.05, 4.69) is 43.7 Å². The molecule has 32 heavy (non-hydrogen) atoms. The highest BCUT2D eigenvalue weighted by atomic mass is 35.5. The Morgan fingerprint density at radius 1 is 1.25 bits per heavy atom. The van der Waals surface area contributed by atoms with Crippen molar-refractivity contribution in [2.45, 2.75) is 81.7 Å². The van der Waals surface area contributed by atoms with Crippen molar-refractivity contribution in [3.8, 4) is 17.4 Å². The predicted octanol–water partition coefficient (Wildman–Crippen LogP) is 5.61. The van der Waals surface area contributed by atoms with E-state index >= 15 is 0 Å². The molecule has 0 spiro atoms. The first-order chi connectivity index (χ1) is 14.6. The molecule has 3 aliphatic heterocycles. The number of hydrogen-bond donors (Lipinski definition) is 2. The average molecular weight is 474 g/mol. The van der Waals surface area contributed by atoms with Crippen LogP contribution in [0.1, 0.15) is 45.7 Å². The van der Waals surface area contributed by atoms with Gasteiger partial charge in [-0.3, -0.25) is 0 Å². The van der Waals surface area contributed by atoms with Crippen LogP contribution in [0.2, 0.25) is 29.2 Å². The smallest absolute Gasteiger partial charge is 0.288 e. The van der Waals surface area contributed by atoms with Gasteiger partial charge in [-0.25, -0.2) is 4.57 Å². The largest absolute Gasteiger partial charge is 0.494 e. The van der Waals surface area contributed by atoms with Crippen molar-refractivity contribution in [3.05, 3.63) is 39.8 Å². The Morgan fingerprint density at radius 2 is 1.88 bits per heavy atom. The SMILES string of the molecule is [C-]#[N+]c1ncc(-n2c(O)c3c(c2O)C2(C)OC3(C)[C@@H]3O[C@@]32C[Si](C)(C)C(C)(C)C)cc1Cl. The van der Waals surface area contributed by atoms with Gasteiger partial charge in [-0.05, 0) is 31.0 Å². The van der Waals surface area contributed by atoms with Crippen LogP contribution in [0.3, 0.4) is 0 Å². The summed E-state index contributed by atoms with van der Waals surface area (Å²) in [6, 6.07) is 2.41. The van der Waals surface area contributed by atoms with Crippen LogP contribution in [0.15, 0.2) is 12.3 Å². The monoisotopic (exact) mass is 473 g/mol. The number of hydrogen-bond acceptors (Lipinski definition) is 5. The van der Waals surface area contributed by atoms with Crippen LogP contribution >= 0.6 is 11.6 Å². The summed E-state index contributed by atoms with van der Waals surface area (Å²) < 4.78 is 14.3. The van der Waals surface area contributed by atoms with Gasteiger partial charge in [-0.15, -0.1) is 4.98 Å². The van der Waals surface area contributed by atoms with Crippen LogP contribution in [-0.2, 0) is 20.7 Å². The van der Waals surface area contributed by atoms with E-state index < -0.39 is 24.9 Å². The molecule has 0 aromatic carbocycles. The van der Waals surface area contributed by atoms with Crippen LogP contribution in [0.5, 0.6) is 11.8 Å². The minimum absolute atomic E-state index is 0.0689. The molecular formula is C23H28ClN3O4Si. The molecule has 3 aliphatic rings. The Morgan fingerprint density at radius 3 is 2.44 bits per heavy atom. The van der Waals surface area contributed by atoms with Crippen molar-refractivity contribution in [1.29, 1.82) is 0 Å². The zero-order valence-corrected chi connectivity index (χ0v) is 21.1. The Balaban J connectivity index is 1.67. The summed E-state index contributed by atoms with van der Waals surface area (Å²) >= 11 is 6.18. The maximum atomic E-state index is 11.4. The molecule has 2 saturated heterocycles. The van der Waals surface area contributed by atoms with E-state index in [-0.39, 0.29) is 33.7 Å². The zero-order chi connectivity index (χ0) is 23.6. The average Bonchev–Trinajstić information content (AvgIpc) is 3.21. The molecule has 2 N–H and O–H groups in total. The van der Waals surface area contributed by atoms with Gasteiger partial charge < -0.3 is 24.5 Å². The lowest BCUT2D eigenvalue weighted by Crippen LogP contribution is -2.48. The molecule has 2 unspecified atom stereocenters. The lowest BCUT2D eigenvalue weighted by atomic mass is 9.73. The van der Waals surface area contributed by atoms with Gasteiger partial charge in [-0.1, -0.05) is 52.0 Å². The lowest BCUT2D eigenvalue weighted by molar-refractivity contribution is -0.149. The second-order valence-electron chi connectivity index (χ2n) is 11.3. The molecule has 9 heteroatoms. The fourth-order valence-electron chi connectivity index (χ4n) is 5.67. The topological polar surface area (TPSA) is 84.4 Å². The number of aromatic hydroxyl groups is 2. The van der Waals surface area contributed by atoms with Gasteiger partial charge >= 0.3 is 0 Å². The summed E-state index contributed by atoms with van der Waals surface area (Å²) in [5, 5.41) is 22.9. The standard InChI is InChI=1S/C23H28ClN3O4Si/c1-20(2,3)32(7,8)11-23-19(30-23)21(4)14-15(22(23,5)31-21)18(29)27(17(14)28)12-9-13(24)16(25-6)26-10-12/h9-10,19,28-29H,11H2,1-5,7-8H3/t19-,21?,22?,23-/m0/s1. The summed E-state index contributed by atoms with van der Waals surface area (Å²) in [4.78, 5) is 7.33. The molecule has 0 radical (unpaired) electrons. The third-order valence-electron chi connectivity index (χ3n) is 8.42. The van der Waals surface area contributed by atoms with E-state index in [1.54, 1.807) is 0 Å². The van der Waals surface area contributed by atoms with Crippen molar-refractivity contribution in [2.24, 2.45) is 0 Å². The number of fused-ring (bicyclic) bond motifs is 8. The Hall–Kier alpha value is -2.05. The number of pyridine rings is 1. The minimum atomic E-state index is -1.76. The number of nitrogens with zero attached hydrogens (tertiary/aromatic N) is 3. The van der Waals surface area contributed by atoms with Crippen LogP contribution in [0, 0.1) is 6.57 Å². The quantitative estimate of drug-likeness (QED) is 0.344. The summed E-state index contributed by atoms with van der Waals surface area (Å²) in [6.45, 7) is 22.6. The number of ether oxygens (including phenoxy) is 2. The third-order valence-corrected chi connectivity index (χ3v) is 14.2. The summed E-state index contributed by atoms with van der Waals surface area (Å²) in [6.07, 6.45) is 1.23. The number of epoxide rings is 1. The molecule has 7 nitrogen and oxygen atoms in total. The van der Waals surface area contributed by atoms with Gasteiger partial charge in [0.25, 0.3) is 5.82 Å². The molecule has 4 atom stereocenters. The number of halogens is 1. The van der Waals surface area contributed by atoms with Crippen molar-refractivity contribution in [2.75, 3.05) is 0 Å². The van der Waals surface area contributed by atoms with E-state index in [1.807, 2.05) is 13.8 Å². The molecule has 2 aromatic rings. The van der Waals surface area contributed by atoms with E-state index in [1.165, 1.54) is 16.8 Å². The highest BCUT2D eigenvalue weighted by molar-refractivity contribution is 6.80. The van der Waals surface area contributed by atoms with Crippen LogP contribution < -0.4 is 0 Å². The van der Waals surface area contributed by atoms with Gasteiger partial charge in [0.1, 0.15) is 29.1 Å². The van der Waals surface area contributed by atoms with Gasteiger partial charge in [0.15, 0.2) is 0 Å². The first-order valence-corrected chi connectivity index (χ1v) is 14.3. The molecule has 0 saturated carbocycles. The molecule has 2 aromatic heterocycles. The van der Waals surface area contributed by atoms with Crippen molar-refractivity contribution < 1.29 is 19.7 Å². The Kier molecular flexibility index (Phi) is 4.01. The van der Waals surface area contributed by atoms with Crippen molar-refractivity contribution in [1.82, 2.24) is 9.55 Å². The maximum absolute atomic E-state index is 11.4. The fraction of sp³-hybridized carbons (Fsp3) is 0.565. The molecule has 2 fully saturated rings. The molecule has 2 bridgehead atoms.